The van der Waals surface area contributed by atoms with E-state index in [4.69, 9.17) is 0 Å². The summed E-state index contributed by atoms with van der Waals surface area (Å²) in [5.41, 5.74) is -1.02. The number of hydrogen-bond donors (Lipinski definition) is 1. The van der Waals surface area contributed by atoms with Crippen LogP contribution in [-0.4, -0.2) is 32.9 Å². The van der Waals surface area contributed by atoms with Crippen LogP contribution in [0.3, 0.4) is 0 Å². The summed E-state index contributed by atoms with van der Waals surface area (Å²) in [4.78, 5) is 38.3. The molecule has 2 rings (SSSR count). The third kappa shape index (κ3) is 2.42. The molecule has 1 aliphatic rings. The lowest BCUT2D eigenvalue weighted by molar-refractivity contribution is -0.132. The number of nitrogens with zero attached hydrogens (tertiary/aromatic N) is 2. The molecule has 1 N–H and O–H groups in total. The average Bonchev–Trinajstić information content (AvgIpc) is 2.81. The van der Waals surface area contributed by atoms with Gasteiger partial charge in [-0.3, -0.25) is 19.1 Å². The lowest BCUT2D eigenvalue weighted by atomic mass is 10.2. The summed E-state index contributed by atoms with van der Waals surface area (Å²) in [6.45, 7) is 2.54. The highest BCUT2D eigenvalue weighted by atomic mass is 16.2. The first kappa shape index (κ1) is 12.3. The van der Waals surface area contributed by atoms with Gasteiger partial charge in [-0.15, -0.1) is 0 Å². The van der Waals surface area contributed by atoms with Gasteiger partial charge in [0, 0.05) is 18.8 Å². The first-order valence-electron chi connectivity index (χ1n) is 5.87. The number of rotatable bonds is 3. The maximum Gasteiger partial charge on any atom is 0.328 e. The van der Waals surface area contributed by atoms with Crippen LogP contribution in [0.5, 0.6) is 0 Å². The summed E-state index contributed by atoms with van der Waals surface area (Å²) in [6, 6.07) is 1.34. The SMILES string of the molecule is CCC1C=CCN1C(=O)Cn1ccc(=O)[nH]c1=O. The molecule has 1 amide bonds. The van der Waals surface area contributed by atoms with E-state index in [1.54, 1.807) is 4.90 Å². The molecular formula is C12H15N3O3. The van der Waals surface area contributed by atoms with Crippen molar-refractivity contribution in [3.05, 3.63) is 45.3 Å². The van der Waals surface area contributed by atoms with Crippen LogP contribution in [0.25, 0.3) is 0 Å². The van der Waals surface area contributed by atoms with Crippen molar-refractivity contribution in [2.75, 3.05) is 6.54 Å². The Labute approximate surface area is 104 Å². The van der Waals surface area contributed by atoms with Gasteiger partial charge >= 0.3 is 5.69 Å². The Balaban J connectivity index is 2.12. The van der Waals surface area contributed by atoms with Crippen LogP contribution < -0.4 is 11.2 Å². The maximum atomic E-state index is 12.1. The molecule has 0 saturated heterocycles. The second-order valence-electron chi connectivity index (χ2n) is 4.19. The number of nitrogens with one attached hydrogen (secondary N) is 1. The molecule has 0 saturated carbocycles. The molecule has 1 aromatic heterocycles. The van der Waals surface area contributed by atoms with Crippen LogP contribution in [0.4, 0.5) is 0 Å². The number of amides is 1. The molecule has 0 aliphatic carbocycles. The minimum atomic E-state index is -0.559. The second-order valence-corrected chi connectivity index (χ2v) is 4.19. The summed E-state index contributed by atoms with van der Waals surface area (Å²) in [5.74, 6) is -0.124. The number of carbonyl (C=O) groups is 1. The minimum Gasteiger partial charge on any atom is -0.331 e. The first-order chi connectivity index (χ1) is 8.61. The number of hydrogen-bond acceptors (Lipinski definition) is 3. The maximum absolute atomic E-state index is 12.1. The molecule has 0 radical (unpaired) electrons. The van der Waals surface area contributed by atoms with Crippen molar-refractivity contribution in [2.24, 2.45) is 0 Å². The minimum absolute atomic E-state index is 0.0478. The summed E-state index contributed by atoms with van der Waals surface area (Å²) >= 11 is 0. The summed E-state index contributed by atoms with van der Waals surface area (Å²) in [7, 11) is 0. The van der Waals surface area contributed by atoms with E-state index in [9.17, 15) is 14.4 Å². The zero-order valence-electron chi connectivity index (χ0n) is 10.1. The molecule has 0 spiro atoms. The topological polar surface area (TPSA) is 75.2 Å². The predicted molar refractivity (Wildman–Crippen MR) is 66.3 cm³/mol. The molecule has 1 aliphatic heterocycles. The summed E-state index contributed by atoms with van der Waals surface area (Å²) in [5, 5.41) is 0. The normalized spacial score (nSPS) is 18.3. The van der Waals surface area contributed by atoms with Crippen molar-refractivity contribution < 1.29 is 4.79 Å². The van der Waals surface area contributed by atoms with Crippen molar-refractivity contribution in [2.45, 2.75) is 25.9 Å². The molecule has 1 unspecified atom stereocenters. The Morgan fingerprint density at radius 3 is 2.94 bits per heavy atom. The van der Waals surface area contributed by atoms with E-state index >= 15 is 0 Å². The standard InChI is InChI=1S/C12H15N3O3/c1-2-9-4-3-6-15(9)11(17)8-14-7-5-10(16)13-12(14)18/h3-5,7,9H,2,6,8H2,1H3,(H,13,16,18). The van der Waals surface area contributed by atoms with Gasteiger partial charge in [0.2, 0.25) is 5.91 Å². The van der Waals surface area contributed by atoms with E-state index in [0.29, 0.717) is 6.54 Å². The molecule has 1 aromatic rings. The lowest BCUT2D eigenvalue weighted by Gasteiger charge is -2.23. The van der Waals surface area contributed by atoms with E-state index in [2.05, 4.69) is 4.98 Å². The molecule has 0 aromatic carbocycles. The van der Waals surface area contributed by atoms with Crippen molar-refractivity contribution in [1.82, 2.24) is 14.5 Å². The van der Waals surface area contributed by atoms with E-state index in [1.807, 2.05) is 19.1 Å². The van der Waals surface area contributed by atoms with E-state index in [-0.39, 0.29) is 18.5 Å². The summed E-state index contributed by atoms with van der Waals surface area (Å²) < 4.78 is 1.20. The molecule has 6 heteroatoms. The van der Waals surface area contributed by atoms with E-state index in [0.717, 1.165) is 6.42 Å². The van der Waals surface area contributed by atoms with Gasteiger partial charge in [-0.1, -0.05) is 19.1 Å². The fraction of sp³-hybridized carbons (Fsp3) is 0.417. The van der Waals surface area contributed by atoms with Crippen LogP contribution in [0.2, 0.25) is 0 Å². The highest BCUT2D eigenvalue weighted by molar-refractivity contribution is 5.77. The second kappa shape index (κ2) is 5.03. The van der Waals surface area contributed by atoms with Crippen LogP contribution in [0.1, 0.15) is 13.3 Å². The molecule has 2 heterocycles. The number of aromatic nitrogens is 2. The third-order valence-electron chi connectivity index (χ3n) is 3.00. The highest BCUT2D eigenvalue weighted by Crippen LogP contribution is 2.13. The van der Waals surface area contributed by atoms with Gasteiger partial charge in [-0.2, -0.15) is 0 Å². The predicted octanol–water partition coefficient (Wildman–Crippen LogP) is -0.286. The first-order valence-corrected chi connectivity index (χ1v) is 5.87. The van der Waals surface area contributed by atoms with Crippen molar-refractivity contribution >= 4 is 5.91 Å². The van der Waals surface area contributed by atoms with Gasteiger partial charge in [0.25, 0.3) is 5.56 Å². The molecule has 1 atom stereocenters. The average molecular weight is 249 g/mol. The molecular weight excluding hydrogens is 234 g/mol. The van der Waals surface area contributed by atoms with Gasteiger partial charge in [0.1, 0.15) is 6.54 Å². The molecule has 0 fully saturated rings. The Kier molecular flexibility index (Phi) is 3.45. The highest BCUT2D eigenvalue weighted by Gasteiger charge is 2.23. The number of H-pyrrole nitrogens is 1. The van der Waals surface area contributed by atoms with Crippen molar-refractivity contribution in [1.29, 1.82) is 0 Å². The van der Waals surface area contributed by atoms with Gasteiger partial charge < -0.3 is 4.90 Å². The van der Waals surface area contributed by atoms with Crippen LogP contribution >= 0.6 is 0 Å². The molecule has 0 bridgehead atoms. The zero-order valence-corrected chi connectivity index (χ0v) is 10.1. The quantitative estimate of drug-likeness (QED) is 0.748. The fourth-order valence-electron chi connectivity index (χ4n) is 2.02. The largest absolute Gasteiger partial charge is 0.331 e. The van der Waals surface area contributed by atoms with Crippen molar-refractivity contribution in [3.8, 4) is 0 Å². The van der Waals surface area contributed by atoms with Gasteiger partial charge in [0.15, 0.2) is 0 Å². The van der Waals surface area contributed by atoms with Gasteiger partial charge in [-0.05, 0) is 6.42 Å². The van der Waals surface area contributed by atoms with Gasteiger partial charge in [-0.25, -0.2) is 4.79 Å². The van der Waals surface area contributed by atoms with Crippen LogP contribution in [0.15, 0.2) is 34.0 Å². The third-order valence-corrected chi connectivity index (χ3v) is 3.00. The van der Waals surface area contributed by atoms with Gasteiger partial charge in [0.05, 0.1) is 6.04 Å². The van der Waals surface area contributed by atoms with Crippen molar-refractivity contribution in [3.63, 3.8) is 0 Å². The Morgan fingerprint density at radius 2 is 2.28 bits per heavy atom. The number of aromatic amines is 1. The fourth-order valence-corrected chi connectivity index (χ4v) is 2.02. The number of carbonyl (C=O) groups excluding carboxylic acids is 1. The van der Waals surface area contributed by atoms with Crippen LogP contribution in [0, 0.1) is 0 Å². The van der Waals surface area contributed by atoms with Crippen LogP contribution in [-0.2, 0) is 11.3 Å². The van der Waals surface area contributed by atoms with E-state index in [1.165, 1.54) is 16.8 Å². The smallest absolute Gasteiger partial charge is 0.328 e. The Hall–Kier alpha value is -2.11. The Morgan fingerprint density at radius 1 is 1.50 bits per heavy atom. The lowest BCUT2D eigenvalue weighted by Crippen LogP contribution is -2.40. The Bertz CT molecular complexity index is 585. The zero-order chi connectivity index (χ0) is 13.1. The molecule has 96 valence electrons. The summed E-state index contributed by atoms with van der Waals surface area (Å²) in [6.07, 6.45) is 6.13. The molecule has 6 nitrogen and oxygen atoms in total. The van der Waals surface area contributed by atoms with E-state index < -0.39 is 11.2 Å². The monoisotopic (exact) mass is 249 g/mol. The molecule has 18 heavy (non-hydrogen) atoms.